The molecule has 3 atom stereocenters. The lowest BCUT2D eigenvalue weighted by Gasteiger charge is -2.40. The first-order valence-corrected chi connectivity index (χ1v) is 10.2. The van der Waals surface area contributed by atoms with Crippen molar-refractivity contribution in [2.75, 3.05) is 19.6 Å². The van der Waals surface area contributed by atoms with Crippen molar-refractivity contribution in [2.45, 2.75) is 43.7 Å². The maximum atomic E-state index is 15.0. The Kier molecular flexibility index (Phi) is 5.49. The number of piperidine rings is 1. The van der Waals surface area contributed by atoms with Crippen molar-refractivity contribution in [1.29, 1.82) is 0 Å². The van der Waals surface area contributed by atoms with E-state index in [4.69, 9.17) is 0 Å². The van der Waals surface area contributed by atoms with Crippen LogP contribution in [0.25, 0.3) is 0 Å². The van der Waals surface area contributed by atoms with Crippen molar-refractivity contribution in [3.8, 4) is 5.75 Å². The van der Waals surface area contributed by atoms with Gasteiger partial charge in [-0.25, -0.2) is 13.2 Å². The fourth-order valence-electron chi connectivity index (χ4n) is 4.68. The molecule has 0 unspecified atom stereocenters. The summed E-state index contributed by atoms with van der Waals surface area (Å²) in [6, 6.07) is 11.2. The van der Waals surface area contributed by atoms with E-state index >= 15 is 0 Å². The van der Waals surface area contributed by atoms with Crippen molar-refractivity contribution in [3.05, 3.63) is 65.5 Å². The van der Waals surface area contributed by atoms with Gasteiger partial charge in [-0.05, 0) is 61.7 Å². The number of carbonyl (C=O) groups excluding carboxylic acids is 1. The van der Waals surface area contributed by atoms with E-state index in [1.165, 1.54) is 36.4 Å². The van der Waals surface area contributed by atoms with Crippen molar-refractivity contribution >= 4 is 5.91 Å². The monoisotopic (exact) mass is 418 g/mol. The summed E-state index contributed by atoms with van der Waals surface area (Å²) in [6.45, 7) is 2.31. The molecule has 0 radical (unpaired) electrons. The zero-order valence-corrected chi connectivity index (χ0v) is 16.8. The highest BCUT2D eigenvalue weighted by Crippen LogP contribution is 2.42. The number of hydrogen-bond acceptors (Lipinski definition) is 3. The molecular formula is C23H25F3N2O2. The summed E-state index contributed by atoms with van der Waals surface area (Å²) in [6.07, 6.45) is 0.749. The van der Waals surface area contributed by atoms with Crippen LogP contribution in [-0.2, 0) is 4.79 Å². The number of likely N-dealkylation sites (tertiary alicyclic amines) is 2. The molecule has 2 aliphatic rings. The Morgan fingerprint density at radius 1 is 1.03 bits per heavy atom. The number of amides is 1. The molecule has 0 saturated carbocycles. The molecule has 2 aliphatic heterocycles. The number of nitrogens with zero attached hydrogens (tertiary/aromatic N) is 2. The third-order valence-corrected chi connectivity index (χ3v) is 6.40. The van der Waals surface area contributed by atoms with E-state index in [-0.39, 0.29) is 29.9 Å². The standard InChI is InChI=1S/C23H25F3N2O2/c1-15(16-2-6-18(24)7-3-16)28-13-11-21(22(28)30)27-12-10-20(23(25,26)14-27)17-4-8-19(29)9-5-17/h2-9,15,20-21,29H,10-14H2,1H3/t15-,20-,21+/m0/s1. The summed E-state index contributed by atoms with van der Waals surface area (Å²) in [5, 5.41) is 9.41. The Morgan fingerprint density at radius 2 is 1.70 bits per heavy atom. The van der Waals surface area contributed by atoms with Crippen molar-refractivity contribution in [2.24, 2.45) is 0 Å². The predicted octanol–water partition coefficient (Wildman–Crippen LogP) is 4.32. The summed E-state index contributed by atoms with van der Waals surface area (Å²) < 4.78 is 43.1. The summed E-state index contributed by atoms with van der Waals surface area (Å²) in [5.74, 6) is -4.33. The summed E-state index contributed by atoms with van der Waals surface area (Å²) in [5.41, 5.74) is 1.32. The largest absolute Gasteiger partial charge is 0.508 e. The first-order valence-electron chi connectivity index (χ1n) is 10.2. The van der Waals surface area contributed by atoms with Crippen LogP contribution in [0.3, 0.4) is 0 Å². The molecule has 2 aromatic rings. The van der Waals surface area contributed by atoms with Crippen LogP contribution in [0.4, 0.5) is 13.2 Å². The van der Waals surface area contributed by atoms with Gasteiger partial charge in [0.15, 0.2) is 0 Å². The Morgan fingerprint density at radius 3 is 2.33 bits per heavy atom. The molecule has 2 fully saturated rings. The molecule has 1 N–H and O–H groups in total. The van der Waals surface area contributed by atoms with Crippen molar-refractivity contribution < 1.29 is 23.1 Å². The summed E-state index contributed by atoms with van der Waals surface area (Å²) >= 11 is 0. The number of aromatic hydroxyl groups is 1. The lowest BCUT2D eigenvalue weighted by Crippen LogP contribution is -2.53. The van der Waals surface area contributed by atoms with Crippen LogP contribution in [0.15, 0.2) is 48.5 Å². The van der Waals surface area contributed by atoms with Gasteiger partial charge in [0.25, 0.3) is 5.92 Å². The van der Waals surface area contributed by atoms with Gasteiger partial charge in [0, 0.05) is 6.54 Å². The van der Waals surface area contributed by atoms with Crippen LogP contribution in [0.2, 0.25) is 0 Å². The zero-order valence-electron chi connectivity index (χ0n) is 16.8. The number of carbonyl (C=O) groups is 1. The van der Waals surface area contributed by atoms with Crippen LogP contribution >= 0.6 is 0 Å². The Hall–Kier alpha value is -2.54. The fraction of sp³-hybridized carbons (Fsp3) is 0.435. The van der Waals surface area contributed by atoms with E-state index in [2.05, 4.69) is 0 Å². The third-order valence-electron chi connectivity index (χ3n) is 6.40. The fourth-order valence-corrected chi connectivity index (χ4v) is 4.68. The number of alkyl halides is 2. The summed E-state index contributed by atoms with van der Waals surface area (Å²) in [7, 11) is 0. The average molecular weight is 418 g/mol. The Bertz CT molecular complexity index is 902. The van der Waals surface area contributed by atoms with Gasteiger partial charge in [-0.15, -0.1) is 0 Å². The number of benzene rings is 2. The summed E-state index contributed by atoms with van der Waals surface area (Å²) in [4.78, 5) is 16.3. The SMILES string of the molecule is C[C@@H](c1ccc(F)cc1)N1CC[C@@H](N2CC[C@@H](c3ccc(O)cc3)C(F)(F)C2)C1=O. The zero-order chi connectivity index (χ0) is 21.5. The second-order valence-corrected chi connectivity index (χ2v) is 8.23. The highest BCUT2D eigenvalue weighted by molar-refractivity contribution is 5.84. The molecule has 160 valence electrons. The topological polar surface area (TPSA) is 43.8 Å². The number of phenols is 1. The van der Waals surface area contributed by atoms with Gasteiger partial charge < -0.3 is 10.0 Å². The molecule has 0 aromatic heterocycles. The second-order valence-electron chi connectivity index (χ2n) is 8.23. The second kappa shape index (κ2) is 7.95. The third kappa shape index (κ3) is 3.90. The minimum Gasteiger partial charge on any atom is -0.508 e. The van der Waals surface area contributed by atoms with E-state index in [1.807, 2.05) is 6.92 Å². The van der Waals surface area contributed by atoms with Gasteiger partial charge in [0.2, 0.25) is 5.91 Å². The smallest absolute Gasteiger partial charge is 0.267 e. The van der Waals surface area contributed by atoms with Crippen LogP contribution in [-0.4, -0.2) is 52.4 Å². The molecule has 2 saturated heterocycles. The van der Waals surface area contributed by atoms with E-state index in [9.17, 15) is 23.1 Å². The van der Waals surface area contributed by atoms with E-state index in [0.717, 1.165) is 5.56 Å². The molecular weight excluding hydrogens is 393 g/mol. The molecule has 30 heavy (non-hydrogen) atoms. The quantitative estimate of drug-likeness (QED) is 0.804. The predicted molar refractivity (Wildman–Crippen MR) is 107 cm³/mol. The molecule has 2 aromatic carbocycles. The normalized spacial score (nSPS) is 25.5. The highest BCUT2D eigenvalue weighted by Gasteiger charge is 2.49. The van der Waals surface area contributed by atoms with Gasteiger partial charge >= 0.3 is 0 Å². The number of rotatable bonds is 4. The van der Waals surface area contributed by atoms with Gasteiger partial charge in [-0.3, -0.25) is 9.69 Å². The molecule has 7 heteroatoms. The molecule has 1 amide bonds. The van der Waals surface area contributed by atoms with Crippen molar-refractivity contribution in [3.63, 3.8) is 0 Å². The maximum absolute atomic E-state index is 15.0. The van der Waals surface area contributed by atoms with E-state index in [0.29, 0.717) is 25.1 Å². The number of halogens is 3. The molecule has 4 nitrogen and oxygen atoms in total. The van der Waals surface area contributed by atoms with Crippen LogP contribution in [0.5, 0.6) is 5.75 Å². The lowest BCUT2D eigenvalue weighted by molar-refractivity contribution is -0.139. The molecule has 0 bridgehead atoms. The highest BCUT2D eigenvalue weighted by atomic mass is 19.3. The van der Waals surface area contributed by atoms with E-state index in [1.54, 1.807) is 21.9 Å². The Balaban J connectivity index is 1.44. The van der Waals surface area contributed by atoms with Crippen LogP contribution < -0.4 is 0 Å². The average Bonchev–Trinajstić information content (AvgIpc) is 3.09. The minimum atomic E-state index is -2.97. The first kappa shape index (κ1) is 20.7. The molecule has 0 aliphatic carbocycles. The van der Waals surface area contributed by atoms with Gasteiger partial charge in [-0.1, -0.05) is 24.3 Å². The maximum Gasteiger partial charge on any atom is 0.267 e. The minimum absolute atomic E-state index is 0.0476. The molecule has 0 spiro atoms. The van der Waals surface area contributed by atoms with Gasteiger partial charge in [0.1, 0.15) is 11.6 Å². The number of hydrogen-bond donors (Lipinski definition) is 1. The van der Waals surface area contributed by atoms with Gasteiger partial charge in [-0.2, -0.15) is 0 Å². The van der Waals surface area contributed by atoms with Crippen LogP contribution in [0.1, 0.15) is 42.9 Å². The molecule has 4 rings (SSSR count). The number of phenolic OH excluding ortho intramolecular Hbond substituents is 1. The van der Waals surface area contributed by atoms with E-state index < -0.39 is 24.4 Å². The molecule has 2 heterocycles. The Labute approximate surface area is 173 Å². The van der Waals surface area contributed by atoms with Crippen molar-refractivity contribution in [1.82, 2.24) is 9.80 Å². The van der Waals surface area contributed by atoms with Crippen LogP contribution in [0, 0.1) is 5.82 Å². The van der Waals surface area contributed by atoms with Gasteiger partial charge in [0.05, 0.1) is 24.5 Å². The lowest BCUT2D eigenvalue weighted by atomic mass is 9.85. The first-order chi connectivity index (χ1) is 14.3.